The fraction of sp³-hybridized carbons (Fsp3) is 0.105. The van der Waals surface area contributed by atoms with Crippen LogP contribution in [0.25, 0.3) is 5.57 Å². The van der Waals surface area contributed by atoms with Crippen LogP contribution in [0.5, 0.6) is 0 Å². The minimum atomic E-state index is -0.0117. The lowest BCUT2D eigenvalue weighted by Crippen LogP contribution is -2.13. The van der Waals surface area contributed by atoms with Gasteiger partial charge in [-0.1, -0.05) is 60.7 Å². The molecular weight excluding hydrogens is 244 g/mol. The van der Waals surface area contributed by atoms with E-state index in [9.17, 15) is 5.11 Å². The van der Waals surface area contributed by atoms with Crippen molar-refractivity contribution >= 4 is 5.57 Å². The lowest BCUT2D eigenvalue weighted by Gasteiger charge is -2.17. The summed E-state index contributed by atoms with van der Waals surface area (Å²) in [6.45, 7) is 7.74. The Balaban J connectivity index is 2.62. The molecule has 20 heavy (non-hydrogen) atoms. The van der Waals surface area contributed by atoms with Gasteiger partial charge in [-0.2, -0.15) is 0 Å². The fourth-order valence-corrected chi connectivity index (χ4v) is 2.02. The van der Waals surface area contributed by atoms with Crippen LogP contribution < -0.4 is 5.11 Å². The Morgan fingerprint density at radius 3 is 1.60 bits per heavy atom. The summed E-state index contributed by atoms with van der Waals surface area (Å²) in [6, 6.07) is 19.5. The van der Waals surface area contributed by atoms with Gasteiger partial charge in [-0.3, -0.25) is 0 Å². The van der Waals surface area contributed by atoms with Crippen LogP contribution >= 0.6 is 0 Å². The monoisotopic (exact) mass is 262 g/mol. The average molecular weight is 262 g/mol. The molecule has 0 fully saturated rings. The first kappa shape index (κ1) is 14.0. The third-order valence-corrected chi connectivity index (χ3v) is 3.23. The maximum atomic E-state index is 12.7. The molecule has 0 amide bonds. The Hall–Kier alpha value is -2.41. The first-order valence-corrected chi connectivity index (χ1v) is 6.63. The molecule has 1 heteroatoms. The molecule has 0 unspecified atom stereocenters. The second-order valence-corrected chi connectivity index (χ2v) is 4.91. The summed E-state index contributed by atoms with van der Waals surface area (Å²) in [7, 11) is 0. The van der Waals surface area contributed by atoms with Crippen LogP contribution in [0, 0.1) is 5.92 Å². The van der Waals surface area contributed by atoms with E-state index >= 15 is 0 Å². The van der Waals surface area contributed by atoms with Crippen molar-refractivity contribution in [2.24, 2.45) is 0 Å². The first-order chi connectivity index (χ1) is 9.61. The smallest absolute Gasteiger partial charge is 0.122 e. The van der Waals surface area contributed by atoms with Crippen molar-refractivity contribution in [1.29, 1.82) is 0 Å². The molecule has 0 saturated heterocycles. The number of hydrogen-bond acceptors (Lipinski definition) is 1. The maximum absolute atomic E-state index is 12.7. The lowest BCUT2D eigenvalue weighted by molar-refractivity contribution is -0.295. The van der Waals surface area contributed by atoms with Crippen LogP contribution in [0.4, 0.5) is 0 Å². The highest BCUT2D eigenvalue weighted by Crippen LogP contribution is 2.29. The molecule has 0 N–H and O–H groups in total. The molecule has 2 aromatic rings. The van der Waals surface area contributed by atoms with Gasteiger partial charge < -0.3 is 5.11 Å². The summed E-state index contributed by atoms with van der Waals surface area (Å²) < 4.78 is 0. The molecule has 2 rings (SSSR count). The summed E-state index contributed by atoms with van der Waals surface area (Å²) in [6.07, 6.45) is 0. The molecule has 1 nitrogen and oxygen atoms in total. The molecule has 0 aliphatic carbocycles. The van der Waals surface area contributed by atoms with E-state index in [1.165, 1.54) is 0 Å². The molecule has 100 valence electrons. The van der Waals surface area contributed by atoms with Crippen LogP contribution in [-0.4, -0.2) is 0 Å². The van der Waals surface area contributed by atoms with Gasteiger partial charge in [0.25, 0.3) is 0 Å². The van der Waals surface area contributed by atoms with Crippen molar-refractivity contribution in [2.45, 2.75) is 13.8 Å². The van der Waals surface area contributed by atoms with Crippen molar-refractivity contribution in [3.05, 3.63) is 95.6 Å². The summed E-state index contributed by atoms with van der Waals surface area (Å²) >= 11 is 0. The Morgan fingerprint density at radius 1 is 0.850 bits per heavy atom. The van der Waals surface area contributed by atoms with Gasteiger partial charge in [0.15, 0.2) is 0 Å². The highest BCUT2D eigenvalue weighted by atomic mass is 16.3. The molecule has 0 saturated carbocycles. The van der Waals surface area contributed by atoms with Crippen molar-refractivity contribution in [3.63, 3.8) is 0 Å². The summed E-state index contributed by atoms with van der Waals surface area (Å²) in [5, 5.41) is 12.7. The van der Waals surface area contributed by atoms with Crippen molar-refractivity contribution in [3.8, 4) is 0 Å². The molecule has 0 radical (unpaired) electrons. The Labute approximate surface area is 120 Å². The maximum Gasteiger partial charge on any atom is 0.122 e. The fourth-order valence-electron chi connectivity index (χ4n) is 2.02. The first-order valence-electron chi connectivity index (χ1n) is 6.63. The van der Waals surface area contributed by atoms with Gasteiger partial charge in [-0.05, 0) is 11.1 Å². The zero-order chi connectivity index (χ0) is 14.5. The summed E-state index contributed by atoms with van der Waals surface area (Å²) in [5.74, 6) is 0.932. The Bertz CT molecular complexity index is 565. The third-order valence-electron chi connectivity index (χ3n) is 3.23. The van der Waals surface area contributed by atoms with Gasteiger partial charge in [-0.25, -0.2) is 0 Å². The number of allylic oxidation sites excluding steroid dienone is 1. The van der Waals surface area contributed by atoms with E-state index in [1.54, 1.807) is 0 Å². The van der Waals surface area contributed by atoms with E-state index < -0.39 is 0 Å². The zero-order valence-electron chi connectivity index (χ0n) is 11.9. The van der Waals surface area contributed by atoms with E-state index in [4.69, 9.17) is 0 Å². The largest absolute Gasteiger partial charge is 0.813 e. The normalized spacial score (nSPS) is 9.90. The van der Waals surface area contributed by atoms with Gasteiger partial charge in [0.2, 0.25) is 0 Å². The van der Waals surface area contributed by atoms with Crippen molar-refractivity contribution < 1.29 is 5.11 Å². The summed E-state index contributed by atoms with van der Waals surface area (Å²) in [4.78, 5) is 0. The van der Waals surface area contributed by atoms with Gasteiger partial charge in [0.05, 0.1) is 0 Å². The summed E-state index contributed by atoms with van der Waals surface area (Å²) in [5.41, 5.74) is 3.11. The van der Waals surface area contributed by atoms with Crippen LogP contribution in [0.15, 0.2) is 78.6 Å². The molecule has 2 aromatic carbocycles. The van der Waals surface area contributed by atoms with Crippen molar-refractivity contribution in [1.82, 2.24) is 0 Å². The van der Waals surface area contributed by atoms with Crippen LogP contribution in [0.2, 0.25) is 0 Å². The number of rotatable bonds is 4. The third kappa shape index (κ3) is 2.94. The lowest BCUT2D eigenvalue weighted by atomic mass is 9.91. The van der Waals surface area contributed by atoms with Gasteiger partial charge >= 0.3 is 0 Å². The van der Waals surface area contributed by atoms with E-state index in [0.717, 1.165) is 17.0 Å². The quantitative estimate of drug-likeness (QED) is 0.464. The van der Waals surface area contributed by atoms with E-state index in [-0.39, 0.29) is 5.76 Å². The molecule has 0 bridgehead atoms. The van der Waals surface area contributed by atoms with Crippen LogP contribution in [0.1, 0.15) is 25.0 Å². The van der Waals surface area contributed by atoms with E-state index in [0.29, 0.717) is 11.1 Å². The molecule has 0 heterocycles. The SMILES string of the molecule is C=C(C([O-])=C(c1ccccc1)c1ccccc1)[C+](C)C. The second kappa shape index (κ2) is 6.16. The van der Waals surface area contributed by atoms with Gasteiger partial charge in [0.1, 0.15) is 5.57 Å². The predicted molar refractivity (Wildman–Crippen MR) is 82.6 cm³/mol. The standard InChI is InChI=1S/C19H18O/c1-14(2)15(3)19(20)18(16-10-6-4-7-11-16)17-12-8-5-9-13-17/h4-13H,3H2,1-2H3. The molecule has 0 aromatic heterocycles. The zero-order valence-corrected chi connectivity index (χ0v) is 11.9. The average Bonchev–Trinajstić information content (AvgIpc) is 2.48. The van der Waals surface area contributed by atoms with Crippen LogP contribution in [0.3, 0.4) is 0 Å². The highest BCUT2D eigenvalue weighted by molar-refractivity contribution is 5.83. The van der Waals surface area contributed by atoms with Crippen LogP contribution in [-0.2, 0) is 0 Å². The minimum Gasteiger partial charge on any atom is -0.813 e. The Kier molecular flexibility index (Phi) is 4.31. The molecule has 0 spiro atoms. The highest BCUT2D eigenvalue weighted by Gasteiger charge is 2.16. The van der Waals surface area contributed by atoms with Crippen molar-refractivity contribution in [2.75, 3.05) is 0 Å². The number of benzene rings is 2. The molecule has 0 aliphatic rings. The topological polar surface area (TPSA) is 23.1 Å². The molecular formula is C19H18O. The molecule has 0 atom stereocenters. The number of hydrogen-bond donors (Lipinski definition) is 0. The van der Waals surface area contributed by atoms with E-state index in [1.807, 2.05) is 74.5 Å². The Morgan fingerprint density at radius 2 is 1.25 bits per heavy atom. The minimum absolute atomic E-state index is 0.0117. The molecule has 0 aliphatic heterocycles. The van der Waals surface area contributed by atoms with Gasteiger partial charge in [-0.15, -0.1) is 0 Å². The van der Waals surface area contributed by atoms with Gasteiger partial charge in [0, 0.05) is 37.7 Å². The second-order valence-electron chi connectivity index (χ2n) is 4.91. The van der Waals surface area contributed by atoms with E-state index in [2.05, 4.69) is 6.58 Å². The predicted octanol–water partition coefficient (Wildman–Crippen LogP) is 3.98.